The van der Waals surface area contributed by atoms with E-state index < -0.39 is 57.4 Å². The molecule has 0 unspecified atom stereocenters. The second-order valence-corrected chi connectivity index (χ2v) is 12.2. The standard InChI is InChI=1S/C38H23F4NO3S/c39-23-13-15-29(32(41)17-23)34-35(30-16-14-24(40)18-33(30)42)37(45)43(36(34)44)19-21-9-11-22(12-10-21)38(46)47-20-31-27-7-3-1-5-25(27)26-6-2-4-8-28(26)31/h1-18,31H,19-20H2. The molecular weight excluding hydrogens is 626 g/mol. The molecule has 5 aromatic carbocycles. The number of nitrogens with zero attached hydrogens (tertiary/aromatic N) is 1. The highest BCUT2D eigenvalue weighted by Gasteiger charge is 2.41. The first-order valence-electron chi connectivity index (χ1n) is 14.7. The third-order valence-corrected chi connectivity index (χ3v) is 9.44. The Bertz CT molecular complexity index is 2020. The Balaban J connectivity index is 1.11. The molecule has 0 N–H and O–H groups in total. The van der Waals surface area contributed by atoms with E-state index in [0.717, 1.165) is 29.2 Å². The fourth-order valence-corrected chi connectivity index (χ4v) is 7.19. The number of carbonyl (C=O) groups excluding carboxylic acids is 3. The first-order valence-corrected chi connectivity index (χ1v) is 15.7. The lowest BCUT2D eigenvalue weighted by molar-refractivity contribution is -0.136. The van der Waals surface area contributed by atoms with Crippen molar-refractivity contribution >= 4 is 39.8 Å². The van der Waals surface area contributed by atoms with Crippen molar-refractivity contribution in [3.05, 3.63) is 166 Å². The molecule has 0 bridgehead atoms. The van der Waals surface area contributed by atoms with Gasteiger partial charge < -0.3 is 0 Å². The van der Waals surface area contributed by atoms with Crippen LogP contribution in [0.5, 0.6) is 0 Å². The van der Waals surface area contributed by atoms with Crippen molar-refractivity contribution in [2.75, 3.05) is 5.75 Å². The number of amides is 2. The Morgan fingerprint density at radius 1 is 0.617 bits per heavy atom. The molecule has 0 aromatic heterocycles. The summed E-state index contributed by atoms with van der Waals surface area (Å²) in [6, 6.07) is 27.7. The van der Waals surface area contributed by atoms with Gasteiger partial charge in [0.15, 0.2) is 0 Å². The Hall–Kier alpha value is -5.28. The van der Waals surface area contributed by atoms with E-state index >= 15 is 0 Å². The second kappa shape index (κ2) is 12.1. The smallest absolute Gasteiger partial charge is 0.262 e. The van der Waals surface area contributed by atoms with Gasteiger partial charge in [-0.05, 0) is 52.1 Å². The highest BCUT2D eigenvalue weighted by atomic mass is 32.2. The Morgan fingerprint density at radius 2 is 1.11 bits per heavy atom. The molecule has 0 saturated heterocycles. The zero-order chi connectivity index (χ0) is 32.8. The van der Waals surface area contributed by atoms with E-state index in [9.17, 15) is 31.9 Å². The van der Waals surface area contributed by atoms with Crippen molar-refractivity contribution in [1.82, 2.24) is 4.90 Å². The molecule has 0 saturated carbocycles. The van der Waals surface area contributed by atoms with E-state index in [-0.39, 0.29) is 17.6 Å². The summed E-state index contributed by atoms with van der Waals surface area (Å²) in [6.45, 7) is -0.270. The number of hydrogen-bond donors (Lipinski definition) is 0. The third-order valence-electron chi connectivity index (χ3n) is 8.44. The molecule has 2 amide bonds. The Labute approximate surface area is 271 Å². The topological polar surface area (TPSA) is 54.5 Å². The van der Waals surface area contributed by atoms with Gasteiger partial charge in [-0.25, -0.2) is 17.6 Å². The van der Waals surface area contributed by atoms with Crippen LogP contribution in [0.4, 0.5) is 17.6 Å². The van der Waals surface area contributed by atoms with Crippen LogP contribution in [0, 0.1) is 23.3 Å². The molecule has 7 rings (SSSR count). The Morgan fingerprint density at radius 3 is 1.60 bits per heavy atom. The average Bonchev–Trinajstić information content (AvgIpc) is 3.51. The molecule has 4 nitrogen and oxygen atoms in total. The van der Waals surface area contributed by atoms with Crippen LogP contribution in [0.15, 0.2) is 109 Å². The van der Waals surface area contributed by atoms with Gasteiger partial charge in [-0.3, -0.25) is 19.3 Å². The van der Waals surface area contributed by atoms with E-state index in [0.29, 0.717) is 29.0 Å². The van der Waals surface area contributed by atoms with Gasteiger partial charge in [0.25, 0.3) is 11.8 Å². The summed E-state index contributed by atoms with van der Waals surface area (Å²) in [5.74, 6) is -5.28. The lowest BCUT2D eigenvalue weighted by Crippen LogP contribution is -2.31. The van der Waals surface area contributed by atoms with Crippen LogP contribution < -0.4 is 0 Å². The summed E-state index contributed by atoms with van der Waals surface area (Å²) in [5, 5.41) is -0.142. The molecule has 0 spiro atoms. The minimum Gasteiger partial charge on any atom is -0.282 e. The first kappa shape index (κ1) is 30.4. The number of benzene rings is 5. The van der Waals surface area contributed by atoms with E-state index in [2.05, 4.69) is 24.3 Å². The van der Waals surface area contributed by atoms with E-state index in [4.69, 9.17) is 0 Å². The summed E-state index contributed by atoms with van der Waals surface area (Å²) < 4.78 is 57.2. The summed E-state index contributed by atoms with van der Waals surface area (Å²) in [4.78, 5) is 41.3. The molecule has 9 heteroatoms. The fraction of sp³-hybridized carbons (Fsp3) is 0.0789. The highest BCUT2D eigenvalue weighted by molar-refractivity contribution is 8.14. The molecular formula is C38H23F4NO3S. The van der Waals surface area contributed by atoms with Crippen LogP contribution in [-0.2, 0) is 16.1 Å². The number of rotatable bonds is 7. The van der Waals surface area contributed by atoms with Gasteiger partial charge in [0.05, 0.1) is 17.7 Å². The predicted molar refractivity (Wildman–Crippen MR) is 172 cm³/mol. The zero-order valence-corrected chi connectivity index (χ0v) is 25.3. The van der Waals surface area contributed by atoms with Gasteiger partial charge in [-0.1, -0.05) is 84.6 Å². The van der Waals surface area contributed by atoms with Gasteiger partial charge in [0, 0.05) is 40.5 Å². The minimum absolute atomic E-state index is 0.0654. The molecule has 1 heterocycles. The van der Waals surface area contributed by atoms with Gasteiger partial charge in [-0.15, -0.1) is 0 Å². The summed E-state index contributed by atoms with van der Waals surface area (Å²) in [6.07, 6.45) is 0. The van der Waals surface area contributed by atoms with Crippen molar-refractivity contribution in [3.8, 4) is 11.1 Å². The molecule has 232 valence electrons. The monoisotopic (exact) mass is 649 g/mol. The number of halogens is 4. The van der Waals surface area contributed by atoms with E-state index in [1.807, 2.05) is 24.3 Å². The van der Waals surface area contributed by atoms with Crippen molar-refractivity contribution in [1.29, 1.82) is 0 Å². The molecule has 1 aliphatic heterocycles. The van der Waals surface area contributed by atoms with Crippen LogP contribution in [0.2, 0.25) is 0 Å². The predicted octanol–water partition coefficient (Wildman–Crippen LogP) is 8.41. The number of hydrogen-bond acceptors (Lipinski definition) is 4. The zero-order valence-electron chi connectivity index (χ0n) is 24.5. The van der Waals surface area contributed by atoms with Gasteiger partial charge in [-0.2, -0.15) is 0 Å². The maximum Gasteiger partial charge on any atom is 0.262 e. The van der Waals surface area contributed by atoms with Crippen molar-refractivity contribution in [2.24, 2.45) is 0 Å². The maximum absolute atomic E-state index is 14.9. The summed E-state index contributed by atoms with van der Waals surface area (Å²) in [7, 11) is 0. The number of imide groups is 1. The summed E-state index contributed by atoms with van der Waals surface area (Å²) in [5.41, 5.74) is 3.89. The average molecular weight is 650 g/mol. The lowest BCUT2D eigenvalue weighted by atomic mass is 9.95. The molecule has 1 aliphatic carbocycles. The van der Waals surface area contributed by atoms with Gasteiger partial charge in [0.2, 0.25) is 5.12 Å². The lowest BCUT2D eigenvalue weighted by Gasteiger charge is -2.16. The van der Waals surface area contributed by atoms with E-state index in [1.165, 1.54) is 34.0 Å². The van der Waals surface area contributed by atoms with Gasteiger partial charge >= 0.3 is 0 Å². The molecule has 0 atom stereocenters. The number of carbonyl (C=O) groups is 3. The molecule has 47 heavy (non-hydrogen) atoms. The minimum atomic E-state index is -1.12. The van der Waals surface area contributed by atoms with Crippen LogP contribution >= 0.6 is 11.8 Å². The number of fused-ring (bicyclic) bond motifs is 3. The quantitative estimate of drug-likeness (QED) is 0.131. The molecule has 2 aliphatic rings. The third kappa shape index (κ3) is 5.46. The Kier molecular flexibility index (Phi) is 7.85. The van der Waals surface area contributed by atoms with Crippen molar-refractivity contribution in [3.63, 3.8) is 0 Å². The van der Waals surface area contributed by atoms with Crippen LogP contribution in [-0.4, -0.2) is 27.6 Å². The molecule has 5 aromatic rings. The van der Waals surface area contributed by atoms with Crippen LogP contribution in [0.1, 0.15) is 44.1 Å². The molecule has 0 fully saturated rings. The maximum atomic E-state index is 14.9. The second-order valence-electron chi connectivity index (χ2n) is 11.2. The van der Waals surface area contributed by atoms with Crippen LogP contribution in [0.25, 0.3) is 22.3 Å². The van der Waals surface area contributed by atoms with Gasteiger partial charge in [0.1, 0.15) is 23.3 Å². The van der Waals surface area contributed by atoms with Crippen molar-refractivity contribution in [2.45, 2.75) is 12.5 Å². The SMILES string of the molecule is O=C(SCC1c2ccccc2-c2ccccc21)c1ccc(CN2C(=O)C(c3ccc(F)cc3F)=C(c3ccc(F)cc3F)C2=O)cc1. The number of thioether (sulfide) groups is 1. The van der Waals surface area contributed by atoms with E-state index in [1.54, 1.807) is 24.3 Å². The summed E-state index contributed by atoms with van der Waals surface area (Å²) >= 11 is 1.21. The highest BCUT2D eigenvalue weighted by Crippen LogP contribution is 2.46. The normalized spacial score (nSPS) is 14.2. The molecule has 0 radical (unpaired) electrons. The fourth-order valence-electron chi connectivity index (χ4n) is 6.21. The van der Waals surface area contributed by atoms with Crippen LogP contribution in [0.3, 0.4) is 0 Å². The largest absolute Gasteiger partial charge is 0.282 e. The first-order chi connectivity index (χ1) is 22.7. The van der Waals surface area contributed by atoms with Crippen molar-refractivity contribution < 1.29 is 31.9 Å².